The third-order valence-corrected chi connectivity index (χ3v) is 4.05. The number of amides is 4. The molecule has 0 saturated carbocycles. The van der Waals surface area contributed by atoms with Crippen LogP contribution in [-0.4, -0.2) is 52.8 Å². The summed E-state index contributed by atoms with van der Waals surface area (Å²) in [6.07, 6.45) is 0.622. The first-order valence-electron chi connectivity index (χ1n) is 7.51. The van der Waals surface area contributed by atoms with Gasteiger partial charge in [0.2, 0.25) is 0 Å². The van der Waals surface area contributed by atoms with Crippen LogP contribution in [0.1, 0.15) is 41.0 Å². The van der Waals surface area contributed by atoms with Crippen LogP contribution in [0.5, 0.6) is 0 Å². The van der Waals surface area contributed by atoms with Crippen LogP contribution in [0.4, 0.5) is 4.79 Å². The molecule has 6 heteroatoms. The number of carbonyl (C=O) groups excluding carboxylic acids is 3. The predicted molar refractivity (Wildman–Crippen MR) is 80.6 cm³/mol. The van der Waals surface area contributed by atoms with E-state index in [1.165, 1.54) is 4.90 Å². The summed E-state index contributed by atoms with van der Waals surface area (Å²) in [4.78, 5) is 39.9. The van der Waals surface area contributed by atoms with Crippen LogP contribution in [0.25, 0.3) is 0 Å². The van der Waals surface area contributed by atoms with Crippen molar-refractivity contribution in [2.24, 2.45) is 0 Å². The number of likely N-dealkylation sites (tertiary alicyclic amines) is 1. The van der Waals surface area contributed by atoms with Crippen molar-refractivity contribution >= 4 is 17.8 Å². The zero-order valence-electron chi connectivity index (χ0n) is 12.7. The normalized spacial score (nSPS) is 20.8. The summed E-state index contributed by atoms with van der Waals surface area (Å²) < 4.78 is 0. The van der Waals surface area contributed by atoms with E-state index in [1.54, 1.807) is 29.2 Å². The van der Waals surface area contributed by atoms with Crippen LogP contribution in [0, 0.1) is 0 Å². The molecule has 116 valence electrons. The van der Waals surface area contributed by atoms with Crippen LogP contribution in [0.3, 0.4) is 0 Å². The van der Waals surface area contributed by atoms with Crippen molar-refractivity contribution in [3.8, 4) is 0 Å². The summed E-state index contributed by atoms with van der Waals surface area (Å²) in [5.41, 5.74) is 0.912. The molecule has 1 aromatic rings. The number of hydrogen-bond acceptors (Lipinski definition) is 3. The Labute approximate surface area is 129 Å². The third-order valence-electron chi connectivity index (χ3n) is 4.05. The Balaban J connectivity index is 1.74. The van der Waals surface area contributed by atoms with Crippen molar-refractivity contribution in [1.29, 1.82) is 0 Å². The highest BCUT2D eigenvalue weighted by Gasteiger charge is 2.42. The molecule has 2 aliphatic rings. The van der Waals surface area contributed by atoms with E-state index < -0.39 is 0 Å². The number of imide groups is 1. The maximum absolute atomic E-state index is 12.4. The first kappa shape index (κ1) is 14.6. The second-order valence-electron chi connectivity index (χ2n) is 6.02. The molecule has 0 spiro atoms. The van der Waals surface area contributed by atoms with Crippen LogP contribution in [0.15, 0.2) is 24.3 Å². The van der Waals surface area contributed by atoms with E-state index in [4.69, 9.17) is 0 Å². The molecule has 0 aromatic heterocycles. The van der Waals surface area contributed by atoms with Gasteiger partial charge in [0.1, 0.15) is 0 Å². The zero-order chi connectivity index (χ0) is 15.9. The average Bonchev–Trinajstić information content (AvgIpc) is 3.04. The molecule has 1 atom stereocenters. The molecule has 0 radical (unpaired) electrons. The van der Waals surface area contributed by atoms with Crippen LogP contribution in [-0.2, 0) is 0 Å². The number of hydrogen-bond donors (Lipinski definition) is 1. The molecule has 1 fully saturated rings. The van der Waals surface area contributed by atoms with Gasteiger partial charge >= 0.3 is 6.03 Å². The Kier molecular flexibility index (Phi) is 3.60. The quantitative estimate of drug-likeness (QED) is 0.841. The molecule has 0 aliphatic carbocycles. The number of fused-ring (bicyclic) bond motifs is 1. The Hall–Kier alpha value is -2.37. The smallest absolute Gasteiger partial charge is 0.317 e. The van der Waals surface area contributed by atoms with Crippen LogP contribution >= 0.6 is 0 Å². The van der Waals surface area contributed by atoms with E-state index in [0.29, 0.717) is 30.6 Å². The lowest BCUT2D eigenvalue weighted by molar-refractivity contribution is 0.0589. The Morgan fingerprint density at radius 3 is 2.32 bits per heavy atom. The van der Waals surface area contributed by atoms with E-state index in [1.807, 2.05) is 13.8 Å². The number of rotatable bonds is 2. The minimum atomic E-state index is -0.253. The van der Waals surface area contributed by atoms with Gasteiger partial charge in [0.25, 0.3) is 11.8 Å². The molecule has 1 saturated heterocycles. The monoisotopic (exact) mass is 301 g/mol. The summed E-state index contributed by atoms with van der Waals surface area (Å²) >= 11 is 0. The summed E-state index contributed by atoms with van der Waals surface area (Å²) in [5, 5.41) is 2.83. The standard InChI is InChI=1S/C16H19N3O3/c1-10(2)17-16(22)18-8-7-11(9-18)19-14(20)12-5-3-4-6-13(12)15(19)21/h3-6,10-11H,7-9H2,1-2H3,(H,17,22). The van der Waals surface area contributed by atoms with Crippen LogP contribution < -0.4 is 5.32 Å². The molecule has 1 N–H and O–H groups in total. The second kappa shape index (κ2) is 5.44. The fraction of sp³-hybridized carbons (Fsp3) is 0.438. The van der Waals surface area contributed by atoms with Gasteiger partial charge in [-0.3, -0.25) is 14.5 Å². The highest BCUT2D eigenvalue weighted by molar-refractivity contribution is 6.21. The molecular weight excluding hydrogens is 282 g/mol. The third kappa shape index (κ3) is 2.34. The lowest BCUT2D eigenvalue weighted by atomic mass is 10.1. The van der Waals surface area contributed by atoms with Gasteiger partial charge in [-0.05, 0) is 32.4 Å². The average molecular weight is 301 g/mol. The van der Waals surface area contributed by atoms with Crippen molar-refractivity contribution in [2.75, 3.05) is 13.1 Å². The van der Waals surface area contributed by atoms with Gasteiger partial charge in [-0.25, -0.2) is 4.79 Å². The Morgan fingerprint density at radius 2 is 1.77 bits per heavy atom. The minimum Gasteiger partial charge on any atom is -0.336 e. The van der Waals surface area contributed by atoms with Crippen molar-refractivity contribution in [2.45, 2.75) is 32.4 Å². The highest BCUT2D eigenvalue weighted by Crippen LogP contribution is 2.28. The van der Waals surface area contributed by atoms with Gasteiger partial charge in [0, 0.05) is 19.1 Å². The molecule has 0 bridgehead atoms. The highest BCUT2D eigenvalue weighted by atomic mass is 16.2. The molecule has 22 heavy (non-hydrogen) atoms. The van der Waals surface area contributed by atoms with Gasteiger partial charge < -0.3 is 10.2 Å². The number of nitrogens with zero attached hydrogens (tertiary/aromatic N) is 2. The number of nitrogens with one attached hydrogen (secondary N) is 1. The fourth-order valence-corrected chi connectivity index (χ4v) is 3.01. The van der Waals surface area contributed by atoms with E-state index in [2.05, 4.69) is 5.32 Å². The lowest BCUT2D eigenvalue weighted by Gasteiger charge is -2.23. The molecule has 1 aromatic carbocycles. The van der Waals surface area contributed by atoms with E-state index in [0.717, 1.165) is 0 Å². The molecule has 3 rings (SSSR count). The number of carbonyl (C=O) groups is 3. The number of urea groups is 1. The van der Waals surface area contributed by atoms with E-state index >= 15 is 0 Å². The van der Waals surface area contributed by atoms with Gasteiger partial charge in [-0.15, -0.1) is 0 Å². The predicted octanol–water partition coefficient (Wildman–Crippen LogP) is 1.47. The summed E-state index contributed by atoms with van der Waals surface area (Å²) in [5.74, 6) is -0.506. The van der Waals surface area contributed by atoms with Gasteiger partial charge in [0.05, 0.1) is 17.2 Å². The minimum absolute atomic E-state index is 0.0610. The SMILES string of the molecule is CC(C)NC(=O)N1CCC(N2C(=O)c3ccccc3C2=O)C1. The first-order valence-corrected chi connectivity index (χ1v) is 7.51. The first-order chi connectivity index (χ1) is 10.5. The maximum Gasteiger partial charge on any atom is 0.317 e. The maximum atomic E-state index is 12.4. The largest absolute Gasteiger partial charge is 0.336 e. The lowest BCUT2D eigenvalue weighted by Crippen LogP contribution is -2.45. The molecular formula is C16H19N3O3. The molecule has 2 heterocycles. The Bertz CT molecular complexity index is 606. The second-order valence-corrected chi connectivity index (χ2v) is 6.02. The zero-order valence-corrected chi connectivity index (χ0v) is 12.7. The van der Waals surface area contributed by atoms with E-state index in [9.17, 15) is 14.4 Å². The van der Waals surface area contributed by atoms with Crippen LogP contribution in [0.2, 0.25) is 0 Å². The summed E-state index contributed by atoms with van der Waals surface area (Å²) in [6.45, 7) is 4.74. The number of benzene rings is 1. The molecule has 4 amide bonds. The van der Waals surface area contributed by atoms with Crippen molar-refractivity contribution in [3.05, 3.63) is 35.4 Å². The van der Waals surface area contributed by atoms with Gasteiger partial charge in [-0.1, -0.05) is 12.1 Å². The van der Waals surface area contributed by atoms with Gasteiger partial charge in [-0.2, -0.15) is 0 Å². The Morgan fingerprint density at radius 1 is 1.18 bits per heavy atom. The summed E-state index contributed by atoms with van der Waals surface area (Å²) in [6, 6.07) is 6.53. The molecule has 2 aliphatic heterocycles. The molecule has 1 unspecified atom stereocenters. The van der Waals surface area contributed by atoms with Gasteiger partial charge in [0.15, 0.2) is 0 Å². The van der Waals surface area contributed by atoms with Crippen molar-refractivity contribution in [1.82, 2.24) is 15.1 Å². The molecule has 6 nitrogen and oxygen atoms in total. The fourth-order valence-electron chi connectivity index (χ4n) is 3.01. The van der Waals surface area contributed by atoms with Crippen molar-refractivity contribution < 1.29 is 14.4 Å². The van der Waals surface area contributed by atoms with E-state index in [-0.39, 0.29) is 29.9 Å². The summed E-state index contributed by atoms with van der Waals surface area (Å²) in [7, 11) is 0. The van der Waals surface area contributed by atoms with Crippen molar-refractivity contribution in [3.63, 3.8) is 0 Å². The topological polar surface area (TPSA) is 69.7 Å².